The summed E-state index contributed by atoms with van der Waals surface area (Å²) >= 11 is 0. The Morgan fingerprint density at radius 2 is 2.30 bits per heavy atom. The molecule has 0 radical (unpaired) electrons. The Hall–Kier alpha value is -1.62. The van der Waals surface area contributed by atoms with Crippen molar-refractivity contribution in [2.75, 3.05) is 20.1 Å². The first-order valence-corrected chi connectivity index (χ1v) is 7.09. The Labute approximate surface area is 119 Å². The van der Waals surface area contributed by atoms with Gasteiger partial charge in [0.05, 0.1) is 19.1 Å². The summed E-state index contributed by atoms with van der Waals surface area (Å²) in [5.74, 6) is 1.65. The number of carbonyl (C=O) groups is 2. The number of carbonyl (C=O) groups excluding carboxylic acids is 2. The number of likely N-dealkylation sites (N-methyl/N-ethyl adjacent to an activating group) is 1. The molecule has 1 aromatic rings. The summed E-state index contributed by atoms with van der Waals surface area (Å²) in [5.41, 5.74) is 0. The Bertz CT molecular complexity index is 469. The minimum Gasteiger partial charge on any atom is -0.464 e. The van der Waals surface area contributed by atoms with E-state index >= 15 is 0 Å². The molecule has 1 unspecified atom stereocenters. The van der Waals surface area contributed by atoms with E-state index in [4.69, 9.17) is 4.42 Å². The van der Waals surface area contributed by atoms with Crippen molar-refractivity contribution < 1.29 is 14.0 Å². The van der Waals surface area contributed by atoms with E-state index in [9.17, 15) is 9.59 Å². The van der Waals surface area contributed by atoms with Gasteiger partial charge in [-0.05, 0) is 38.4 Å². The average molecular weight is 278 g/mol. The number of furan rings is 1. The van der Waals surface area contributed by atoms with Crippen LogP contribution in [0.5, 0.6) is 0 Å². The molecule has 1 saturated heterocycles. The third kappa shape index (κ3) is 3.70. The van der Waals surface area contributed by atoms with E-state index in [1.54, 1.807) is 11.9 Å². The van der Waals surface area contributed by atoms with Crippen LogP contribution >= 0.6 is 0 Å². The molecule has 0 N–H and O–H groups in total. The van der Waals surface area contributed by atoms with Gasteiger partial charge in [-0.1, -0.05) is 6.42 Å². The minimum atomic E-state index is -0.105. The zero-order chi connectivity index (χ0) is 14.5. The Morgan fingerprint density at radius 1 is 1.50 bits per heavy atom. The molecule has 2 heterocycles. The lowest BCUT2D eigenvalue weighted by atomic mass is 10.0. The summed E-state index contributed by atoms with van der Waals surface area (Å²) in [7, 11) is 1.76. The topological polar surface area (TPSA) is 53.8 Å². The average Bonchev–Trinajstić information content (AvgIpc) is 2.84. The number of likely N-dealkylation sites (tertiary alicyclic amines) is 1. The molecule has 1 atom stereocenters. The summed E-state index contributed by atoms with van der Waals surface area (Å²) in [5, 5.41) is 0. The predicted octanol–water partition coefficient (Wildman–Crippen LogP) is 1.60. The third-order valence-electron chi connectivity index (χ3n) is 3.77. The molecule has 0 aliphatic carbocycles. The van der Waals surface area contributed by atoms with Crippen LogP contribution in [0, 0.1) is 6.92 Å². The highest BCUT2D eigenvalue weighted by atomic mass is 16.3. The zero-order valence-corrected chi connectivity index (χ0v) is 12.2. The molecule has 1 aliphatic heterocycles. The number of aldehydes is 1. The van der Waals surface area contributed by atoms with Crippen molar-refractivity contribution in [2.24, 2.45) is 0 Å². The van der Waals surface area contributed by atoms with E-state index in [1.807, 2.05) is 24.0 Å². The summed E-state index contributed by atoms with van der Waals surface area (Å²) < 4.78 is 5.47. The highest BCUT2D eigenvalue weighted by Gasteiger charge is 2.25. The maximum Gasteiger partial charge on any atom is 0.236 e. The number of hydrogen-bond donors (Lipinski definition) is 0. The third-order valence-corrected chi connectivity index (χ3v) is 3.77. The molecular formula is C15H22N2O3. The molecular weight excluding hydrogens is 256 g/mol. The summed E-state index contributed by atoms with van der Waals surface area (Å²) in [4.78, 5) is 26.9. The number of hydrogen-bond acceptors (Lipinski definition) is 4. The van der Waals surface area contributed by atoms with Gasteiger partial charge >= 0.3 is 0 Å². The van der Waals surface area contributed by atoms with Crippen LogP contribution < -0.4 is 0 Å². The van der Waals surface area contributed by atoms with Gasteiger partial charge in [-0.2, -0.15) is 0 Å². The van der Waals surface area contributed by atoms with Crippen LogP contribution in [0.1, 0.15) is 30.8 Å². The lowest BCUT2D eigenvalue weighted by molar-refractivity contribution is -0.133. The van der Waals surface area contributed by atoms with Crippen LogP contribution in [0.2, 0.25) is 0 Å². The van der Waals surface area contributed by atoms with E-state index in [2.05, 4.69) is 0 Å². The molecule has 0 saturated carbocycles. The lowest BCUT2D eigenvalue weighted by Gasteiger charge is -2.32. The van der Waals surface area contributed by atoms with Gasteiger partial charge in [0.1, 0.15) is 17.8 Å². The molecule has 0 bridgehead atoms. The monoisotopic (exact) mass is 278 g/mol. The fourth-order valence-electron chi connectivity index (χ4n) is 2.55. The van der Waals surface area contributed by atoms with Crippen molar-refractivity contribution >= 4 is 12.2 Å². The molecule has 1 amide bonds. The fourth-order valence-corrected chi connectivity index (χ4v) is 2.55. The van der Waals surface area contributed by atoms with E-state index in [1.165, 1.54) is 0 Å². The standard InChI is InChI=1S/C15H22N2O3/c1-12-6-7-14(20-12)9-16(2)15(19)10-17-8-4-3-5-13(17)11-18/h6-7,11,13H,3-5,8-10H2,1-2H3. The van der Waals surface area contributed by atoms with Gasteiger partial charge in [0, 0.05) is 7.05 Å². The van der Waals surface area contributed by atoms with Gasteiger partial charge in [0.25, 0.3) is 0 Å². The van der Waals surface area contributed by atoms with Gasteiger partial charge in [-0.25, -0.2) is 0 Å². The Morgan fingerprint density at radius 3 is 2.95 bits per heavy atom. The van der Waals surface area contributed by atoms with Crippen LogP contribution in [-0.4, -0.2) is 48.2 Å². The van der Waals surface area contributed by atoms with Crippen LogP contribution in [0.3, 0.4) is 0 Å². The number of amides is 1. The Balaban J connectivity index is 1.88. The second-order valence-corrected chi connectivity index (χ2v) is 5.43. The summed E-state index contributed by atoms with van der Waals surface area (Å²) in [6, 6.07) is 3.67. The molecule has 0 spiro atoms. The normalized spacial score (nSPS) is 19.8. The van der Waals surface area contributed by atoms with E-state index < -0.39 is 0 Å². The molecule has 1 fully saturated rings. The van der Waals surface area contributed by atoms with Crippen LogP contribution in [0.4, 0.5) is 0 Å². The molecule has 0 aromatic carbocycles. The van der Waals surface area contributed by atoms with Crippen molar-refractivity contribution in [3.05, 3.63) is 23.7 Å². The van der Waals surface area contributed by atoms with Gasteiger partial charge in [0.15, 0.2) is 0 Å². The number of aryl methyl sites for hydroxylation is 1. The maximum absolute atomic E-state index is 12.2. The van der Waals surface area contributed by atoms with Gasteiger partial charge < -0.3 is 14.1 Å². The van der Waals surface area contributed by atoms with E-state index in [0.29, 0.717) is 13.1 Å². The van der Waals surface area contributed by atoms with Gasteiger partial charge in [0.2, 0.25) is 5.91 Å². The molecule has 20 heavy (non-hydrogen) atoms. The second kappa shape index (κ2) is 6.70. The zero-order valence-electron chi connectivity index (χ0n) is 12.2. The number of nitrogens with zero attached hydrogens (tertiary/aromatic N) is 2. The van der Waals surface area contributed by atoms with Crippen LogP contribution in [0.15, 0.2) is 16.5 Å². The van der Waals surface area contributed by atoms with Crippen molar-refractivity contribution in [2.45, 2.75) is 38.8 Å². The van der Waals surface area contributed by atoms with Gasteiger partial charge in [-0.15, -0.1) is 0 Å². The van der Waals surface area contributed by atoms with Crippen molar-refractivity contribution in [1.82, 2.24) is 9.80 Å². The fraction of sp³-hybridized carbons (Fsp3) is 0.600. The second-order valence-electron chi connectivity index (χ2n) is 5.43. The summed E-state index contributed by atoms with van der Waals surface area (Å²) in [6.07, 6.45) is 3.94. The molecule has 5 heteroatoms. The summed E-state index contributed by atoms with van der Waals surface area (Å²) in [6.45, 7) is 3.47. The van der Waals surface area contributed by atoms with Crippen molar-refractivity contribution in [1.29, 1.82) is 0 Å². The first-order chi connectivity index (χ1) is 9.60. The quantitative estimate of drug-likeness (QED) is 0.768. The maximum atomic E-state index is 12.2. The van der Waals surface area contributed by atoms with E-state index in [-0.39, 0.29) is 11.9 Å². The first-order valence-electron chi connectivity index (χ1n) is 7.09. The highest BCUT2D eigenvalue weighted by molar-refractivity contribution is 5.78. The predicted molar refractivity (Wildman–Crippen MR) is 75.2 cm³/mol. The SMILES string of the molecule is Cc1ccc(CN(C)C(=O)CN2CCCCC2C=O)o1. The lowest BCUT2D eigenvalue weighted by Crippen LogP contribution is -2.46. The molecule has 2 rings (SSSR count). The van der Waals surface area contributed by atoms with Crippen molar-refractivity contribution in [3.8, 4) is 0 Å². The number of piperidine rings is 1. The minimum absolute atomic E-state index is 0.0211. The Kier molecular flexibility index (Phi) is 4.95. The number of rotatable bonds is 5. The highest BCUT2D eigenvalue weighted by Crippen LogP contribution is 2.15. The largest absolute Gasteiger partial charge is 0.464 e. The van der Waals surface area contributed by atoms with Gasteiger partial charge in [-0.3, -0.25) is 9.69 Å². The van der Waals surface area contributed by atoms with Crippen molar-refractivity contribution in [3.63, 3.8) is 0 Å². The van der Waals surface area contributed by atoms with Crippen LogP contribution in [0.25, 0.3) is 0 Å². The smallest absolute Gasteiger partial charge is 0.236 e. The first kappa shape index (κ1) is 14.8. The molecule has 110 valence electrons. The molecule has 1 aliphatic rings. The van der Waals surface area contributed by atoms with Crippen LogP contribution in [-0.2, 0) is 16.1 Å². The molecule has 5 nitrogen and oxygen atoms in total. The van der Waals surface area contributed by atoms with E-state index in [0.717, 1.165) is 43.6 Å². The molecule has 1 aromatic heterocycles.